The van der Waals surface area contributed by atoms with Gasteiger partial charge in [-0.2, -0.15) is 0 Å². The summed E-state index contributed by atoms with van der Waals surface area (Å²) in [5.74, 6) is -0.0553. The quantitative estimate of drug-likeness (QED) is 0.458. The molecule has 0 aliphatic carbocycles. The van der Waals surface area contributed by atoms with Crippen molar-refractivity contribution in [1.29, 1.82) is 0 Å². The smallest absolute Gasteiger partial charge is 0.273 e. The molecule has 0 saturated carbocycles. The zero-order valence-corrected chi connectivity index (χ0v) is 15.2. The minimum atomic E-state index is -0.538. The highest BCUT2D eigenvalue weighted by atomic mass is 79.9. The summed E-state index contributed by atoms with van der Waals surface area (Å²) >= 11 is 8.41. The largest absolute Gasteiger partial charge is 0.317 e. The highest BCUT2D eigenvalue weighted by molar-refractivity contribution is 9.10. The van der Waals surface area contributed by atoms with Gasteiger partial charge in [0, 0.05) is 21.7 Å². The van der Waals surface area contributed by atoms with E-state index in [-0.39, 0.29) is 16.4 Å². The first-order valence-corrected chi connectivity index (χ1v) is 7.98. The summed E-state index contributed by atoms with van der Waals surface area (Å²) < 4.78 is 0.856. The first kappa shape index (κ1) is 18.0. The molecule has 0 radical (unpaired) electrons. The van der Waals surface area contributed by atoms with E-state index in [0.717, 1.165) is 10.2 Å². The van der Waals surface area contributed by atoms with Gasteiger partial charge in [0.1, 0.15) is 5.82 Å². The number of halogens is 1. The first-order valence-electron chi connectivity index (χ1n) is 6.78. The van der Waals surface area contributed by atoms with Gasteiger partial charge in [0.25, 0.3) is 11.6 Å². The Morgan fingerprint density at radius 2 is 2.00 bits per heavy atom. The van der Waals surface area contributed by atoms with E-state index in [9.17, 15) is 14.9 Å². The van der Waals surface area contributed by atoms with E-state index in [1.54, 1.807) is 19.1 Å². The highest BCUT2D eigenvalue weighted by Gasteiger charge is 2.16. The summed E-state index contributed by atoms with van der Waals surface area (Å²) in [4.78, 5) is 26.8. The van der Waals surface area contributed by atoms with Crippen molar-refractivity contribution in [2.45, 2.75) is 13.8 Å². The van der Waals surface area contributed by atoms with Crippen LogP contribution in [-0.2, 0) is 0 Å². The molecule has 0 bridgehead atoms. The average molecular weight is 409 g/mol. The number of rotatable bonds is 3. The van der Waals surface area contributed by atoms with Crippen LogP contribution in [0, 0.1) is 24.0 Å². The number of aromatic nitrogens is 1. The van der Waals surface area contributed by atoms with Gasteiger partial charge < -0.3 is 5.32 Å². The van der Waals surface area contributed by atoms with E-state index in [2.05, 4.69) is 31.5 Å². The minimum absolute atomic E-state index is 0.0532. The monoisotopic (exact) mass is 408 g/mol. The van der Waals surface area contributed by atoms with E-state index in [1.807, 2.05) is 6.92 Å². The summed E-state index contributed by atoms with van der Waals surface area (Å²) in [6.45, 7) is 3.43. The first-order chi connectivity index (χ1) is 11.3. The number of nitro groups is 1. The molecule has 1 aromatic heterocycles. The van der Waals surface area contributed by atoms with Crippen LogP contribution in [0.2, 0.25) is 0 Å². The lowest BCUT2D eigenvalue weighted by atomic mass is 10.1. The summed E-state index contributed by atoms with van der Waals surface area (Å²) in [6.07, 6.45) is 0. The Morgan fingerprint density at radius 3 is 2.62 bits per heavy atom. The SMILES string of the molecule is Cc1ccc(C(=O)NC(=S)Nc2ccc(Br)c(C)n2)cc1[N+](=O)[O-]. The number of nitro benzene ring substituents is 1. The molecular formula is C15H13BrN4O3S. The Bertz CT molecular complexity index is 841. The van der Waals surface area contributed by atoms with Crippen molar-refractivity contribution in [2.24, 2.45) is 0 Å². The number of carbonyl (C=O) groups excluding carboxylic acids is 1. The number of aryl methyl sites for hydroxylation is 2. The predicted molar refractivity (Wildman–Crippen MR) is 98.2 cm³/mol. The second-order valence-electron chi connectivity index (χ2n) is 4.93. The van der Waals surface area contributed by atoms with Gasteiger partial charge in [-0.3, -0.25) is 20.2 Å². The molecule has 2 N–H and O–H groups in total. The topological polar surface area (TPSA) is 97.2 Å². The van der Waals surface area contributed by atoms with Gasteiger partial charge in [-0.05, 0) is 60.2 Å². The second-order valence-corrected chi connectivity index (χ2v) is 6.19. The summed E-state index contributed by atoms with van der Waals surface area (Å²) in [5, 5.41) is 16.3. The molecule has 7 nitrogen and oxygen atoms in total. The predicted octanol–water partition coefficient (Wildman–Crippen LogP) is 3.50. The van der Waals surface area contributed by atoms with E-state index >= 15 is 0 Å². The van der Waals surface area contributed by atoms with Crippen LogP contribution < -0.4 is 10.6 Å². The van der Waals surface area contributed by atoms with Gasteiger partial charge in [-0.1, -0.05) is 6.07 Å². The molecule has 0 saturated heterocycles. The Morgan fingerprint density at radius 1 is 1.29 bits per heavy atom. The number of carbonyl (C=O) groups is 1. The van der Waals surface area contributed by atoms with Crippen LogP contribution in [0.3, 0.4) is 0 Å². The average Bonchev–Trinajstić information content (AvgIpc) is 2.51. The Hall–Kier alpha value is -2.39. The Labute approximate surface area is 151 Å². The third-order valence-electron chi connectivity index (χ3n) is 3.16. The molecule has 0 unspecified atom stereocenters. The normalized spacial score (nSPS) is 10.1. The fourth-order valence-electron chi connectivity index (χ4n) is 1.88. The number of thiocarbonyl (C=S) groups is 1. The van der Waals surface area contributed by atoms with Crippen LogP contribution >= 0.6 is 28.1 Å². The number of anilines is 1. The maximum absolute atomic E-state index is 12.2. The van der Waals surface area contributed by atoms with Crippen LogP contribution in [0.5, 0.6) is 0 Å². The number of benzene rings is 1. The third kappa shape index (κ3) is 4.33. The van der Waals surface area contributed by atoms with Crippen molar-refractivity contribution >= 4 is 50.7 Å². The lowest BCUT2D eigenvalue weighted by Crippen LogP contribution is -2.34. The van der Waals surface area contributed by atoms with Crippen molar-refractivity contribution in [3.8, 4) is 0 Å². The maximum atomic E-state index is 12.2. The molecule has 0 spiro atoms. The zero-order valence-electron chi connectivity index (χ0n) is 12.8. The molecule has 0 fully saturated rings. The number of hydrogen-bond acceptors (Lipinski definition) is 5. The minimum Gasteiger partial charge on any atom is -0.317 e. The molecule has 0 aliphatic rings. The molecule has 9 heteroatoms. The van der Waals surface area contributed by atoms with Crippen molar-refractivity contribution < 1.29 is 9.72 Å². The molecule has 24 heavy (non-hydrogen) atoms. The summed E-state index contributed by atoms with van der Waals surface area (Å²) in [7, 11) is 0. The lowest BCUT2D eigenvalue weighted by molar-refractivity contribution is -0.385. The fourth-order valence-corrected chi connectivity index (χ4v) is 2.30. The van der Waals surface area contributed by atoms with Crippen LogP contribution in [0.4, 0.5) is 11.5 Å². The molecular weight excluding hydrogens is 396 g/mol. The van der Waals surface area contributed by atoms with Crippen LogP contribution in [0.25, 0.3) is 0 Å². The van der Waals surface area contributed by atoms with Crippen molar-refractivity contribution in [2.75, 3.05) is 5.32 Å². The molecule has 2 aromatic rings. The molecule has 2 rings (SSSR count). The van der Waals surface area contributed by atoms with Gasteiger partial charge in [0.05, 0.1) is 10.6 Å². The third-order valence-corrected chi connectivity index (χ3v) is 4.20. The van der Waals surface area contributed by atoms with Gasteiger partial charge in [-0.25, -0.2) is 4.98 Å². The van der Waals surface area contributed by atoms with E-state index in [1.165, 1.54) is 18.2 Å². The number of pyridine rings is 1. The second kappa shape index (κ2) is 7.45. The van der Waals surface area contributed by atoms with Crippen LogP contribution in [0.15, 0.2) is 34.8 Å². The van der Waals surface area contributed by atoms with Crippen LogP contribution in [0.1, 0.15) is 21.6 Å². The molecule has 1 heterocycles. The van der Waals surface area contributed by atoms with Gasteiger partial charge >= 0.3 is 0 Å². The molecule has 0 aliphatic heterocycles. The maximum Gasteiger partial charge on any atom is 0.273 e. The van der Waals surface area contributed by atoms with Gasteiger partial charge in [-0.15, -0.1) is 0 Å². The van der Waals surface area contributed by atoms with E-state index < -0.39 is 10.8 Å². The standard InChI is InChI=1S/C15H13BrN4O3S/c1-8-3-4-10(7-12(8)20(22)23)14(21)19-15(24)18-13-6-5-11(16)9(2)17-13/h3-7H,1-2H3,(H2,17,18,19,21,24). The Balaban J connectivity index is 2.08. The Kier molecular flexibility index (Phi) is 5.58. The highest BCUT2D eigenvalue weighted by Crippen LogP contribution is 2.19. The number of amides is 1. The fraction of sp³-hybridized carbons (Fsp3) is 0.133. The molecule has 0 atom stereocenters. The molecule has 124 valence electrons. The van der Waals surface area contributed by atoms with Gasteiger partial charge in [0.15, 0.2) is 5.11 Å². The van der Waals surface area contributed by atoms with E-state index in [4.69, 9.17) is 12.2 Å². The van der Waals surface area contributed by atoms with E-state index in [0.29, 0.717) is 11.4 Å². The van der Waals surface area contributed by atoms with Crippen molar-refractivity contribution in [3.05, 3.63) is 61.7 Å². The van der Waals surface area contributed by atoms with Gasteiger partial charge in [0.2, 0.25) is 0 Å². The van der Waals surface area contributed by atoms with Crippen molar-refractivity contribution in [3.63, 3.8) is 0 Å². The zero-order chi connectivity index (χ0) is 17.9. The summed E-state index contributed by atoms with van der Waals surface area (Å²) in [6, 6.07) is 7.74. The number of nitrogens with zero attached hydrogens (tertiary/aromatic N) is 2. The molecule has 1 amide bonds. The summed E-state index contributed by atoms with van der Waals surface area (Å²) in [5.41, 5.74) is 1.28. The van der Waals surface area contributed by atoms with Crippen LogP contribution in [-0.4, -0.2) is 20.9 Å². The molecule has 1 aromatic carbocycles. The van der Waals surface area contributed by atoms with Crippen molar-refractivity contribution in [1.82, 2.24) is 10.3 Å². The lowest BCUT2D eigenvalue weighted by Gasteiger charge is -2.10. The number of hydrogen-bond donors (Lipinski definition) is 2. The number of nitrogens with one attached hydrogen (secondary N) is 2.